The highest BCUT2D eigenvalue weighted by atomic mass is 31.1. The van der Waals surface area contributed by atoms with Crippen LogP contribution in [0.15, 0.2) is 36.4 Å². The smallest absolute Gasteiger partial charge is 0.417 e. The van der Waals surface area contributed by atoms with Crippen molar-refractivity contribution in [1.82, 2.24) is 0 Å². The average molecular weight is 410 g/mol. The summed E-state index contributed by atoms with van der Waals surface area (Å²) in [4.78, 5) is 0. The van der Waals surface area contributed by atoms with Gasteiger partial charge in [0.1, 0.15) is 5.75 Å². The van der Waals surface area contributed by atoms with Crippen molar-refractivity contribution in [2.45, 2.75) is 71.1 Å². The molecule has 0 aliphatic heterocycles. The second-order valence-corrected chi connectivity index (χ2v) is 10.1. The number of hydrogen-bond acceptors (Lipinski definition) is 1. The molecule has 1 atom stereocenters. The van der Waals surface area contributed by atoms with Crippen LogP contribution in [0.25, 0.3) is 0 Å². The third-order valence-corrected chi connectivity index (χ3v) is 7.66. The Morgan fingerprint density at radius 1 is 0.929 bits per heavy atom. The van der Waals surface area contributed by atoms with Crippen molar-refractivity contribution in [3.63, 3.8) is 0 Å². The first-order valence-corrected chi connectivity index (χ1v) is 10.6. The van der Waals surface area contributed by atoms with Crippen LogP contribution in [-0.4, -0.2) is 5.11 Å². The van der Waals surface area contributed by atoms with Crippen molar-refractivity contribution < 1.29 is 18.3 Å². The maximum Gasteiger partial charge on any atom is 0.417 e. The molecule has 0 fully saturated rings. The molecular formula is C23H30F3OP. The fraction of sp³-hybridized carbons (Fsp3) is 0.478. The molecule has 1 N–H and O–H groups in total. The molecular weight excluding hydrogens is 380 g/mol. The molecule has 28 heavy (non-hydrogen) atoms. The highest BCUT2D eigenvalue weighted by Gasteiger charge is 2.38. The summed E-state index contributed by atoms with van der Waals surface area (Å²) >= 11 is 0. The molecule has 154 valence electrons. The van der Waals surface area contributed by atoms with E-state index in [1.165, 1.54) is 6.07 Å². The summed E-state index contributed by atoms with van der Waals surface area (Å²) in [6.07, 6.45) is -3.09. The molecule has 0 spiro atoms. The van der Waals surface area contributed by atoms with E-state index in [2.05, 4.69) is 20.8 Å². The first kappa shape index (κ1) is 22.7. The molecule has 0 amide bonds. The number of phenols is 1. The minimum Gasteiger partial charge on any atom is -0.507 e. The zero-order valence-electron chi connectivity index (χ0n) is 17.5. The molecule has 0 aromatic heterocycles. The highest BCUT2D eigenvalue weighted by Crippen LogP contribution is 2.52. The molecule has 0 aliphatic rings. The normalized spacial score (nSPS) is 13.5. The fourth-order valence-electron chi connectivity index (χ4n) is 3.55. The van der Waals surface area contributed by atoms with Crippen molar-refractivity contribution in [2.24, 2.45) is 0 Å². The number of aryl methyl sites for hydroxylation is 1. The Morgan fingerprint density at radius 3 is 2.00 bits per heavy atom. The number of hydrogen-bond donors (Lipinski definition) is 1. The third-order valence-electron chi connectivity index (χ3n) is 5.50. The zero-order chi connectivity index (χ0) is 21.3. The van der Waals surface area contributed by atoms with Gasteiger partial charge < -0.3 is 5.11 Å². The van der Waals surface area contributed by atoms with Crippen LogP contribution in [0.1, 0.15) is 69.7 Å². The maximum absolute atomic E-state index is 13.6. The van der Waals surface area contributed by atoms with Crippen LogP contribution in [0.2, 0.25) is 0 Å². The standard InChI is InChI=1S/C23H30F3OP/c1-7-22(8-2,28-19-12-10-9-11-17(19)23(24,25)26)18-14-16(21(4,5)6)13-15(3)20(18)27/h9-14,27-28H,7-8H2,1-6H3. The van der Waals surface area contributed by atoms with Gasteiger partial charge in [0.25, 0.3) is 0 Å². The summed E-state index contributed by atoms with van der Waals surface area (Å²) in [5.74, 6) is 0.202. The van der Waals surface area contributed by atoms with Crippen LogP contribution in [0, 0.1) is 6.92 Å². The van der Waals surface area contributed by atoms with Gasteiger partial charge in [-0.15, -0.1) is 0 Å². The van der Waals surface area contributed by atoms with Crippen LogP contribution >= 0.6 is 8.58 Å². The quantitative estimate of drug-likeness (QED) is 0.524. The van der Waals surface area contributed by atoms with E-state index in [1.54, 1.807) is 12.1 Å². The molecule has 2 rings (SSSR count). The van der Waals surface area contributed by atoms with E-state index in [-0.39, 0.29) is 19.7 Å². The Kier molecular flexibility index (Phi) is 6.55. The number of halogens is 3. The number of alkyl halides is 3. The fourth-order valence-corrected chi connectivity index (χ4v) is 5.28. The summed E-state index contributed by atoms with van der Waals surface area (Å²) in [7, 11) is -0.0918. The topological polar surface area (TPSA) is 20.2 Å². The average Bonchev–Trinajstić information content (AvgIpc) is 2.60. The van der Waals surface area contributed by atoms with Gasteiger partial charge in [-0.05, 0) is 47.7 Å². The van der Waals surface area contributed by atoms with Crippen molar-refractivity contribution in [2.75, 3.05) is 0 Å². The van der Waals surface area contributed by atoms with Crippen LogP contribution in [0.3, 0.4) is 0 Å². The Morgan fingerprint density at radius 2 is 1.50 bits per heavy atom. The first-order valence-electron chi connectivity index (χ1n) is 9.64. The molecule has 0 saturated heterocycles. The van der Waals surface area contributed by atoms with Crippen LogP contribution < -0.4 is 5.30 Å². The van der Waals surface area contributed by atoms with E-state index < -0.39 is 16.9 Å². The van der Waals surface area contributed by atoms with Gasteiger partial charge in [0.15, 0.2) is 0 Å². The monoisotopic (exact) mass is 410 g/mol. The minimum atomic E-state index is -4.39. The lowest BCUT2D eigenvalue weighted by atomic mass is 9.81. The second-order valence-electron chi connectivity index (χ2n) is 8.40. The van der Waals surface area contributed by atoms with E-state index in [1.807, 2.05) is 32.9 Å². The highest BCUT2D eigenvalue weighted by molar-refractivity contribution is 7.48. The summed E-state index contributed by atoms with van der Waals surface area (Å²) < 4.78 is 40.7. The molecule has 1 nitrogen and oxygen atoms in total. The molecule has 0 saturated carbocycles. The van der Waals surface area contributed by atoms with Crippen molar-refractivity contribution >= 4 is 13.9 Å². The minimum absolute atomic E-state index is 0.0918. The van der Waals surface area contributed by atoms with Crippen LogP contribution in [0.4, 0.5) is 13.2 Å². The Balaban J connectivity index is 2.68. The lowest BCUT2D eigenvalue weighted by Gasteiger charge is -2.36. The number of rotatable bonds is 5. The van der Waals surface area contributed by atoms with Crippen molar-refractivity contribution in [3.05, 3.63) is 58.7 Å². The molecule has 0 aliphatic carbocycles. The predicted molar refractivity (Wildman–Crippen MR) is 113 cm³/mol. The SMILES string of the molecule is CCC(CC)(Pc1ccccc1C(F)(F)F)c1cc(C(C)(C)C)cc(C)c1O. The number of aromatic hydroxyl groups is 1. The summed E-state index contributed by atoms with van der Waals surface area (Å²) in [6.45, 7) is 12.1. The van der Waals surface area contributed by atoms with Crippen molar-refractivity contribution in [3.8, 4) is 5.75 Å². The third kappa shape index (κ3) is 4.54. The van der Waals surface area contributed by atoms with Gasteiger partial charge in [0.2, 0.25) is 0 Å². The Hall–Kier alpha value is -1.54. The predicted octanol–water partition coefficient (Wildman–Crippen LogP) is 7.04. The summed E-state index contributed by atoms with van der Waals surface area (Å²) in [5, 5.41) is 10.6. The lowest BCUT2D eigenvalue weighted by molar-refractivity contribution is -0.136. The summed E-state index contributed by atoms with van der Waals surface area (Å²) in [5.41, 5.74) is 1.91. The van der Waals surface area contributed by atoms with E-state index in [4.69, 9.17) is 0 Å². The maximum atomic E-state index is 13.6. The number of benzene rings is 2. The van der Waals surface area contributed by atoms with Gasteiger partial charge in [-0.3, -0.25) is 0 Å². The van der Waals surface area contributed by atoms with Crippen LogP contribution in [0.5, 0.6) is 5.75 Å². The van der Waals surface area contributed by atoms with Crippen LogP contribution in [-0.2, 0) is 16.7 Å². The lowest BCUT2D eigenvalue weighted by Crippen LogP contribution is -2.26. The molecule has 0 heterocycles. The van der Waals surface area contributed by atoms with Gasteiger partial charge in [0, 0.05) is 10.7 Å². The van der Waals surface area contributed by atoms with Crippen molar-refractivity contribution in [1.29, 1.82) is 0 Å². The van der Waals surface area contributed by atoms with E-state index in [0.29, 0.717) is 18.1 Å². The largest absolute Gasteiger partial charge is 0.507 e. The first-order chi connectivity index (χ1) is 12.9. The zero-order valence-corrected chi connectivity index (χ0v) is 18.5. The molecule has 2 aromatic rings. The van der Waals surface area contributed by atoms with Gasteiger partial charge in [0.05, 0.1) is 5.56 Å². The van der Waals surface area contributed by atoms with Gasteiger partial charge in [-0.2, -0.15) is 13.2 Å². The Bertz CT molecular complexity index is 831. The molecule has 2 aromatic carbocycles. The molecule has 5 heteroatoms. The van der Waals surface area contributed by atoms with E-state index >= 15 is 0 Å². The van der Waals surface area contributed by atoms with Gasteiger partial charge in [-0.25, -0.2) is 0 Å². The van der Waals surface area contributed by atoms with Gasteiger partial charge >= 0.3 is 6.18 Å². The van der Waals surface area contributed by atoms with E-state index in [9.17, 15) is 18.3 Å². The molecule has 1 unspecified atom stereocenters. The molecule has 0 bridgehead atoms. The summed E-state index contributed by atoms with van der Waals surface area (Å²) in [6, 6.07) is 9.77. The number of phenolic OH excluding ortho intramolecular Hbond substituents is 1. The Labute approximate surface area is 168 Å². The second kappa shape index (κ2) is 8.06. The van der Waals surface area contributed by atoms with E-state index in [0.717, 1.165) is 22.8 Å². The van der Waals surface area contributed by atoms with Gasteiger partial charge in [-0.1, -0.05) is 73.5 Å². The molecule has 0 radical (unpaired) electrons.